The van der Waals surface area contributed by atoms with Gasteiger partial charge in [0.05, 0.1) is 22.2 Å². The summed E-state index contributed by atoms with van der Waals surface area (Å²) in [5, 5.41) is 6.44. The van der Waals surface area contributed by atoms with Crippen molar-refractivity contribution in [2.45, 2.75) is 12.5 Å². The lowest BCUT2D eigenvalue weighted by atomic mass is 9.91. The zero-order valence-electron chi connectivity index (χ0n) is 19.3. The highest BCUT2D eigenvalue weighted by Crippen LogP contribution is 2.26. The first-order valence-electron chi connectivity index (χ1n) is 11.5. The summed E-state index contributed by atoms with van der Waals surface area (Å²) in [5.41, 5.74) is 7.58. The molecule has 0 bridgehead atoms. The third kappa shape index (κ3) is 5.20. The highest BCUT2D eigenvalue weighted by Gasteiger charge is 2.22. The van der Waals surface area contributed by atoms with Gasteiger partial charge in [-0.25, -0.2) is 5.43 Å². The average Bonchev–Trinajstić information content (AvgIpc) is 3.25. The van der Waals surface area contributed by atoms with Crippen molar-refractivity contribution in [3.05, 3.63) is 142 Å². The van der Waals surface area contributed by atoms with Crippen molar-refractivity contribution < 1.29 is 4.79 Å². The van der Waals surface area contributed by atoms with Crippen LogP contribution in [0.4, 0.5) is 0 Å². The predicted octanol–water partition coefficient (Wildman–Crippen LogP) is 7.28. The van der Waals surface area contributed by atoms with Crippen LogP contribution < -0.4 is 5.43 Å². The van der Waals surface area contributed by atoms with Gasteiger partial charge in [0.25, 0.3) is 5.91 Å². The number of hydrogen-bond donors (Lipinski definition) is 1. The molecule has 36 heavy (non-hydrogen) atoms. The van der Waals surface area contributed by atoms with Crippen LogP contribution in [-0.4, -0.2) is 16.7 Å². The molecule has 1 aromatic heterocycles. The maximum Gasteiger partial charge on any atom is 0.252 e. The van der Waals surface area contributed by atoms with Crippen LogP contribution in [-0.2, 0) is 11.3 Å². The van der Waals surface area contributed by atoms with Crippen molar-refractivity contribution in [1.29, 1.82) is 0 Å². The molecule has 6 heteroatoms. The standard InChI is InChI=1S/C30H23Cl2N3O/c31-26-16-15-21(17-27(26)32)19-35-20-24(25-13-7-8-14-28(25)35)18-33-34-30(36)29(22-9-3-1-4-10-22)23-11-5-2-6-12-23/h1-18,20,29H,19H2,(H,34,36)/b33-18-. The molecule has 0 saturated carbocycles. The van der Waals surface area contributed by atoms with Gasteiger partial charge in [-0.15, -0.1) is 0 Å². The number of carbonyl (C=O) groups excluding carboxylic acids is 1. The van der Waals surface area contributed by atoms with Gasteiger partial charge in [-0.2, -0.15) is 5.10 Å². The number of amides is 1. The normalized spacial score (nSPS) is 11.4. The highest BCUT2D eigenvalue weighted by molar-refractivity contribution is 6.42. The van der Waals surface area contributed by atoms with E-state index in [1.54, 1.807) is 12.3 Å². The number of fused-ring (bicyclic) bond motifs is 1. The van der Waals surface area contributed by atoms with E-state index >= 15 is 0 Å². The van der Waals surface area contributed by atoms with Crippen molar-refractivity contribution in [3.63, 3.8) is 0 Å². The summed E-state index contributed by atoms with van der Waals surface area (Å²) < 4.78 is 2.13. The second-order valence-corrected chi connectivity index (χ2v) is 9.28. The molecule has 0 aliphatic carbocycles. The van der Waals surface area contributed by atoms with Crippen LogP contribution in [0.25, 0.3) is 10.9 Å². The summed E-state index contributed by atoms with van der Waals surface area (Å²) in [6.07, 6.45) is 3.72. The molecule has 5 rings (SSSR count). The van der Waals surface area contributed by atoms with Crippen molar-refractivity contribution in [2.24, 2.45) is 5.10 Å². The summed E-state index contributed by atoms with van der Waals surface area (Å²) in [4.78, 5) is 13.3. The third-order valence-electron chi connectivity index (χ3n) is 6.06. The summed E-state index contributed by atoms with van der Waals surface area (Å²) in [6, 6.07) is 33.2. The van der Waals surface area contributed by atoms with E-state index in [0.29, 0.717) is 16.6 Å². The summed E-state index contributed by atoms with van der Waals surface area (Å²) in [6.45, 7) is 0.627. The van der Waals surface area contributed by atoms with Crippen LogP contribution in [0.5, 0.6) is 0 Å². The Kier molecular flexibility index (Phi) is 7.17. The maximum atomic E-state index is 13.3. The molecular formula is C30H23Cl2N3O. The smallest absolute Gasteiger partial charge is 0.252 e. The molecule has 5 aromatic rings. The molecule has 0 spiro atoms. The Morgan fingerprint density at radius 1 is 0.833 bits per heavy atom. The molecule has 1 N–H and O–H groups in total. The van der Waals surface area contributed by atoms with Crippen LogP contribution in [0.1, 0.15) is 28.2 Å². The molecule has 4 nitrogen and oxygen atoms in total. The Labute approximate surface area is 219 Å². The van der Waals surface area contributed by atoms with Crippen LogP contribution in [0.3, 0.4) is 0 Å². The molecule has 1 amide bonds. The number of nitrogens with zero attached hydrogens (tertiary/aromatic N) is 2. The van der Waals surface area contributed by atoms with E-state index in [1.165, 1.54) is 0 Å². The molecule has 4 aromatic carbocycles. The Hall–Kier alpha value is -3.86. The molecule has 1 heterocycles. The van der Waals surface area contributed by atoms with Gasteiger partial charge in [0.2, 0.25) is 0 Å². The molecular weight excluding hydrogens is 489 g/mol. The first-order valence-corrected chi connectivity index (χ1v) is 12.3. The Morgan fingerprint density at radius 3 is 2.14 bits per heavy atom. The first kappa shape index (κ1) is 23.9. The second kappa shape index (κ2) is 10.8. The minimum absolute atomic E-state index is 0.191. The topological polar surface area (TPSA) is 46.4 Å². The molecule has 178 valence electrons. The highest BCUT2D eigenvalue weighted by atomic mass is 35.5. The van der Waals surface area contributed by atoms with Crippen molar-refractivity contribution >= 4 is 46.2 Å². The van der Waals surface area contributed by atoms with Gasteiger partial charge in [-0.1, -0.05) is 108 Å². The lowest BCUT2D eigenvalue weighted by Gasteiger charge is -2.16. The van der Waals surface area contributed by atoms with Gasteiger partial charge in [0.15, 0.2) is 0 Å². The Morgan fingerprint density at radius 2 is 1.47 bits per heavy atom. The second-order valence-electron chi connectivity index (χ2n) is 8.47. The minimum Gasteiger partial charge on any atom is -0.342 e. The van der Waals surface area contributed by atoms with Crippen molar-refractivity contribution in [3.8, 4) is 0 Å². The van der Waals surface area contributed by atoms with Gasteiger partial charge in [-0.3, -0.25) is 4.79 Å². The number of para-hydroxylation sites is 1. The molecule has 0 fully saturated rings. The molecule has 0 aliphatic rings. The SMILES string of the molecule is O=C(N/N=C\c1cn(Cc2ccc(Cl)c(Cl)c2)c2ccccc12)C(c1ccccc1)c1ccccc1. The fourth-order valence-electron chi connectivity index (χ4n) is 4.36. The number of benzene rings is 4. The van der Waals surface area contributed by atoms with Gasteiger partial charge in [0, 0.05) is 29.2 Å². The zero-order valence-corrected chi connectivity index (χ0v) is 20.8. The number of rotatable bonds is 7. The van der Waals surface area contributed by atoms with Gasteiger partial charge in [0.1, 0.15) is 0 Å². The molecule has 0 unspecified atom stereocenters. The van der Waals surface area contributed by atoms with Crippen LogP contribution in [0.2, 0.25) is 10.0 Å². The van der Waals surface area contributed by atoms with Crippen LogP contribution in [0.15, 0.2) is 114 Å². The van der Waals surface area contributed by atoms with Gasteiger partial charge >= 0.3 is 0 Å². The van der Waals surface area contributed by atoms with Crippen molar-refractivity contribution in [2.75, 3.05) is 0 Å². The predicted molar refractivity (Wildman–Crippen MR) is 148 cm³/mol. The van der Waals surface area contributed by atoms with Gasteiger partial charge in [-0.05, 0) is 34.9 Å². The first-order chi connectivity index (χ1) is 17.6. The summed E-state index contributed by atoms with van der Waals surface area (Å²) >= 11 is 12.3. The van der Waals surface area contributed by atoms with E-state index in [1.807, 2.05) is 97.2 Å². The zero-order chi connectivity index (χ0) is 24.9. The number of hydrogen-bond acceptors (Lipinski definition) is 2. The number of carbonyl (C=O) groups is 1. The monoisotopic (exact) mass is 511 g/mol. The largest absolute Gasteiger partial charge is 0.342 e. The fraction of sp³-hybridized carbons (Fsp3) is 0.0667. The van der Waals surface area contributed by atoms with E-state index in [-0.39, 0.29) is 5.91 Å². The maximum absolute atomic E-state index is 13.3. The number of aromatic nitrogens is 1. The molecule has 0 radical (unpaired) electrons. The van der Waals surface area contributed by atoms with E-state index in [0.717, 1.165) is 33.2 Å². The summed E-state index contributed by atoms with van der Waals surface area (Å²) in [5.74, 6) is -0.649. The van der Waals surface area contributed by atoms with E-state index < -0.39 is 5.92 Å². The van der Waals surface area contributed by atoms with Crippen LogP contribution in [0, 0.1) is 0 Å². The number of nitrogens with one attached hydrogen (secondary N) is 1. The van der Waals surface area contributed by atoms with Gasteiger partial charge < -0.3 is 4.57 Å². The van der Waals surface area contributed by atoms with Crippen LogP contribution >= 0.6 is 23.2 Å². The molecule has 0 saturated heterocycles. The van der Waals surface area contributed by atoms with Crippen molar-refractivity contribution in [1.82, 2.24) is 9.99 Å². The van der Waals surface area contributed by atoms with E-state index in [9.17, 15) is 4.79 Å². The molecule has 0 aliphatic heterocycles. The van der Waals surface area contributed by atoms with E-state index in [2.05, 4.69) is 21.2 Å². The quantitative estimate of drug-likeness (QED) is 0.181. The Balaban J connectivity index is 1.40. The number of halogens is 2. The fourth-order valence-corrected chi connectivity index (χ4v) is 4.68. The lowest BCUT2D eigenvalue weighted by Crippen LogP contribution is -2.26. The summed E-state index contributed by atoms with van der Waals surface area (Å²) in [7, 11) is 0. The van der Waals surface area contributed by atoms with E-state index in [4.69, 9.17) is 23.2 Å². The number of hydrazone groups is 1. The average molecular weight is 512 g/mol. The Bertz CT molecular complexity index is 1490. The molecule has 0 atom stereocenters. The third-order valence-corrected chi connectivity index (χ3v) is 6.80. The lowest BCUT2D eigenvalue weighted by molar-refractivity contribution is -0.121. The minimum atomic E-state index is -0.458.